The van der Waals surface area contributed by atoms with Gasteiger partial charge in [0, 0.05) is 25.8 Å². The number of amides is 2. The quantitative estimate of drug-likeness (QED) is 0.809. The second-order valence-electron chi connectivity index (χ2n) is 6.06. The van der Waals surface area contributed by atoms with Gasteiger partial charge >= 0.3 is 5.97 Å². The van der Waals surface area contributed by atoms with Crippen molar-refractivity contribution < 1.29 is 19.5 Å². The van der Waals surface area contributed by atoms with Crippen molar-refractivity contribution in [2.24, 2.45) is 5.92 Å². The van der Waals surface area contributed by atoms with Gasteiger partial charge < -0.3 is 19.9 Å². The lowest BCUT2D eigenvalue weighted by Crippen LogP contribution is -2.47. The molecule has 2 N–H and O–H groups in total. The van der Waals surface area contributed by atoms with Crippen molar-refractivity contribution in [2.75, 3.05) is 26.7 Å². The van der Waals surface area contributed by atoms with Gasteiger partial charge in [-0.3, -0.25) is 19.2 Å². The molecule has 0 aliphatic carbocycles. The first-order valence-electron chi connectivity index (χ1n) is 7.75. The molecule has 130 valence electrons. The van der Waals surface area contributed by atoms with E-state index in [9.17, 15) is 19.2 Å². The van der Waals surface area contributed by atoms with Crippen molar-refractivity contribution >= 4 is 17.8 Å². The summed E-state index contributed by atoms with van der Waals surface area (Å²) in [7, 11) is 1.44. The van der Waals surface area contributed by atoms with Crippen LogP contribution in [0.2, 0.25) is 0 Å². The Morgan fingerprint density at radius 2 is 2.08 bits per heavy atom. The summed E-state index contributed by atoms with van der Waals surface area (Å²) in [4.78, 5) is 52.7. The van der Waals surface area contributed by atoms with E-state index in [1.165, 1.54) is 22.9 Å². The number of hydrogen-bond donors (Lipinski definition) is 2. The second kappa shape index (κ2) is 7.29. The molecule has 8 nitrogen and oxygen atoms in total. The number of hydrogen-bond acceptors (Lipinski definition) is 4. The zero-order chi connectivity index (χ0) is 17.9. The summed E-state index contributed by atoms with van der Waals surface area (Å²) in [6.07, 6.45) is 1.17. The number of carbonyl (C=O) groups excluding carboxylic acids is 2. The minimum Gasteiger partial charge on any atom is -0.481 e. The summed E-state index contributed by atoms with van der Waals surface area (Å²) in [5.74, 6) is -2.34. The number of aliphatic carboxylic acids is 1. The number of aromatic amines is 1. The summed E-state index contributed by atoms with van der Waals surface area (Å²) >= 11 is 0. The van der Waals surface area contributed by atoms with Crippen LogP contribution in [0.4, 0.5) is 0 Å². The number of aryl methyl sites for hydroxylation is 1. The molecule has 1 atom stereocenters. The van der Waals surface area contributed by atoms with E-state index < -0.39 is 23.4 Å². The van der Waals surface area contributed by atoms with E-state index in [0.717, 1.165) is 0 Å². The van der Waals surface area contributed by atoms with E-state index in [1.807, 2.05) is 0 Å². The van der Waals surface area contributed by atoms with Crippen molar-refractivity contribution in [3.05, 3.63) is 33.7 Å². The predicted molar refractivity (Wildman–Crippen MR) is 85.7 cm³/mol. The Morgan fingerprint density at radius 3 is 2.71 bits per heavy atom. The molecule has 8 heteroatoms. The highest BCUT2D eigenvalue weighted by molar-refractivity contribution is 5.96. The second-order valence-corrected chi connectivity index (χ2v) is 6.06. The smallest absolute Gasteiger partial charge is 0.308 e. The maximum atomic E-state index is 12.3. The van der Waals surface area contributed by atoms with Crippen LogP contribution in [-0.4, -0.2) is 64.4 Å². The molecule has 2 heterocycles. The number of pyridine rings is 1. The van der Waals surface area contributed by atoms with Gasteiger partial charge in [0.2, 0.25) is 5.91 Å². The molecule has 1 saturated heterocycles. The first-order valence-corrected chi connectivity index (χ1v) is 7.75. The molecule has 1 aliphatic rings. The number of aromatic nitrogens is 1. The normalized spacial score (nSPS) is 17.4. The maximum absolute atomic E-state index is 12.3. The van der Waals surface area contributed by atoms with E-state index in [2.05, 4.69) is 4.98 Å². The van der Waals surface area contributed by atoms with Crippen LogP contribution in [0.5, 0.6) is 0 Å². The summed E-state index contributed by atoms with van der Waals surface area (Å²) < 4.78 is 0. The van der Waals surface area contributed by atoms with Crippen molar-refractivity contribution in [3.8, 4) is 0 Å². The third-order valence-corrected chi connectivity index (χ3v) is 4.13. The third kappa shape index (κ3) is 4.01. The highest BCUT2D eigenvalue weighted by Crippen LogP contribution is 2.17. The Bertz CT molecular complexity index is 712. The number of rotatable bonds is 4. The molecule has 1 aromatic rings. The zero-order valence-electron chi connectivity index (χ0n) is 13.7. The van der Waals surface area contributed by atoms with Crippen LogP contribution in [-0.2, 0) is 9.59 Å². The first-order chi connectivity index (χ1) is 11.3. The van der Waals surface area contributed by atoms with E-state index >= 15 is 0 Å². The average Bonchev–Trinajstić information content (AvgIpc) is 2.54. The van der Waals surface area contributed by atoms with Crippen LogP contribution in [0, 0.1) is 12.8 Å². The lowest BCUT2D eigenvalue weighted by molar-refractivity contribution is -0.145. The monoisotopic (exact) mass is 335 g/mol. The number of carboxylic acids is 1. The first kappa shape index (κ1) is 17.7. The number of carbonyl (C=O) groups is 3. The van der Waals surface area contributed by atoms with Gasteiger partial charge in [-0.05, 0) is 31.9 Å². The molecule has 1 aromatic heterocycles. The van der Waals surface area contributed by atoms with E-state index in [4.69, 9.17) is 5.11 Å². The highest BCUT2D eigenvalue weighted by atomic mass is 16.4. The van der Waals surface area contributed by atoms with Gasteiger partial charge in [0.1, 0.15) is 5.56 Å². The summed E-state index contributed by atoms with van der Waals surface area (Å²) in [6.45, 7) is 2.15. The van der Waals surface area contributed by atoms with Gasteiger partial charge in [-0.2, -0.15) is 0 Å². The fourth-order valence-corrected chi connectivity index (χ4v) is 2.73. The van der Waals surface area contributed by atoms with Gasteiger partial charge in [0.25, 0.3) is 11.5 Å². The molecule has 0 spiro atoms. The van der Waals surface area contributed by atoms with E-state index in [-0.39, 0.29) is 24.6 Å². The topological polar surface area (TPSA) is 111 Å². The van der Waals surface area contributed by atoms with Gasteiger partial charge in [-0.1, -0.05) is 0 Å². The number of likely N-dealkylation sites (tertiary alicyclic amines) is 1. The number of carboxylic acid groups (broad SMARTS) is 1. The molecule has 0 saturated carbocycles. The van der Waals surface area contributed by atoms with E-state index in [0.29, 0.717) is 25.1 Å². The molecule has 0 aromatic carbocycles. The number of likely N-dealkylation sites (N-methyl/N-ethyl adjacent to an activating group) is 1. The van der Waals surface area contributed by atoms with Crippen molar-refractivity contribution in [1.29, 1.82) is 0 Å². The lowest BCUT2D eigenvalue weighted by Gasteiger charge is -2.32. The van der Waals surface area contributed by atoms with Gasteiger partial charge in [-0.25, -0.2) is 0 Å². The fourth-order valence-electron chi connectivity index (χ4n) is 2.73. The number of piperidine rings is 1. The Morgan fingerprint density at radius 1 is 1.38 bits per heavy atom. The molecular formula is C16H21N3O5. The molecule has 24 heavy (non-hydrogen) atoms. The molecule has 2 amide bonds. The number of H-pyrrole nitrogens is 1. The van der Waals surface area contributed by atoms with Crippen LogP contribution in [0.15, 0.2) is 16.9 Å². The van der Waals surface area contributed by atoms with Crippen LogP contribution in [0.25, 0.3) is 0 Å². The average molecular weight is 335 g/mol. The lowest BCUT2D eigenvalue weighted by atomic mass is 9.98. The Hall–Kier alpha value is -2.64. The van der Waals surface area contributed by atoms with Crippen LogP contribution in [0.1, 0.15) is 28.9 Å². The molecule has 0 bridgehead atoms. The van der Waals surface area contributed by atoms with Crippen LogP contribution < -0.4 is 5.56 Å². The molecule has 2 rings (SSSR count). The van der Waals surface area contributed by atoms with Crippen LogP contribution in [0.3, 0.4) is 0 Å². The summed E-state index contributed by atoms with van der Waals surface area (Å²) in [5.41, 5.74) is 0.115. The Kier molecular flexibility index (Phi) is 5.38. The Labute approximate surface area is 139 Å². The van der Waals surface area contributed by atoms with Crippen LogP contribution >= 0.6 is 0 Å². The van der Waals surface area contributed by atoms with Crippen molar-refractivity contribution in [3.63, 3.8) is 0 Å². The minimum absolute atomic E-state index is 0.0297. The Balaban J connectivity index is 2.01. The summed E-state index contributed by atoms with van der Waals surface area (Å²) in [6, 6.07) is 3.05. The number of nitrogens with zero attached hydrogens (tertiary/aromatic N) is 2. The zero-order valence-corrected chi connectivity index (χ0v) is 13.7. The molecule has 1 aliphatic heterocycles. The number of nitrogens with one attached hydrogen (secondary N) is 1. The molecule has 1 unspecified atom stereocenters. The van der Waals surface area contributed by atoms with Gasteiger partial charge in [0.15, 0.2) is 0 Å². The van der Waals surface area contributed by atoms with E-state index in [1.54, 1.807) is 13.0 Å². The van der Waals surface area contributed by atoms with Crippen molar-refractivity contribution in [1.82, 2.24) is 14.8 Å². The molecule has 1 fully saturated rings. The van der Waals surface area contributed by atoms with Crippen molar-refractivity contribution in [2.45, 2.75) is 19.8 Å². The largest absolute Gasteiger partial charge is 0.481 e. The standard InChI is InChI=1S/C16H21N3O5/c1-10-5-6-12(14(21)17-10)15(22)18(2)9-13(20)19-7-3-4-11(8-19)16(23)24/h5-6,11H,3-4,7-9H2,1-2H3,(H,17,21)(H,23,24). The minimum atomic E-state index is -0.914. The maximum Gasteiger partial charge on any atom is 0.308 e. The summed E-state index contributed by atoms with van der Waals surface area (Å²) in [5, 5.41) is 9.07. The van der Waals surface area contributed by atoms with Gasteiger partial charge in [0.05, 0.1) is 12.5 Å². The predicted octanol–water partition coefficient (Wildman–Crippen LogP) is 0.0785. The molecule has 0 radical (unpaired) electrons. The van der Waals surface area contributed by atoms with Gasteiger partial charge in [-0.15, -0.1) is 0 Å². The molecular weight excluding hydrogens is 314 g/mol. The highest BCUT2D eigenvalue weighted by Gasteiger charge is 2.29. The fraction of sp³-hybridized carbons (Fsp3) is 0.500. The SMILES string of the molecule is Cc1ccc(C(=O)N(C)CC(=O)N2CCCC(C(=O)O)C2)c(=O)[nH]1. The third-order valence-electron chi connectivity index (χ3n) is 4.13.